The van der Waals surface area contributed by atoms with Crippen molar-refractivity contribution < 1.29 is 4.79 Å². The Kier molecular flexibility index (Phi) is 7.21. The lowest BCUT2D eigenvalue weighted by Gasteiger charge is -2.26. The summed E-state index contributed by atoms with van der Waals surface area (Å²) in [5.74, 6) is -0.0112. The van der Waals surface area contributed by atoms with E-state index in [1.54, 1.807) is 11.3 Å². The number of pyridine rings is 1. The van der Waals surface area contributed by atoms with Gasteiger partial charge in [0, 0.05) is 17.5 Å². The molecule has 0 unspecified atom stereocenters. The Morgan fingerprint density at radius 2 is 2.00 bits per heavy atom. The molecule has 0 radical (unpaired) electrons. The highest BCUT2D eigenvalue weighted by Gasteiger charge is 2.12. The van der Waals surface area contributed by atoms with Gasteiger partial charge in [0.1, 0.15) is 0 Å². The number of unbranched alkanes of at least 4 members (excludes halogenated alkanes) is 2. The molecule has 2 aromatic heterocycles. The number of carbonyl (C=O) groups excluding carboxylic acids is 1. The van der Waals surface area contributed by atoms with E-state index in [0.29, 0.717) is 5.56 Å². The summed E-state index contributed by atoms with van der Waals surface area (Å²) >= 11 is 1.65. The first-order chi connectivity index (χ1) is 12.7. The van der Waals surface area contributed by atoms with Gasteiger partial charge in [0.2, 0.25) is 0 Å². The lowest BCUT2D eigenvalue weighted by molar-refractivity contribution is 0.0952. The molecule has 4 nitrogen and oxygen atoms in total. The zero-order chi connectivity index (χ0) is 18.2. The van der Waals surface area contributed by atoms with Crippen LogP contribution >= 0.6 is 11.3 Å². The monoisotopic (exact) mass is 371 g/mol. The Morgan fingerprint density at radius 3 is 2.73 bits per heavy atom. The molecule has 0 atom stereocenters. The van der Waals surface area contributed by atoms with Gasteiger partial charge in [-0.15, -0.1) is 0 Å². The quantitative estimate of drug-likeness (QED) is 0.695. The standard InChI is InChI=1S/C21H29N3OS/c1-17-19(8-9-20(23-17)18-10-15-26-16-18)21(25)22-11-4-2-5-12-24-13-6-3-7-14-24/h8-10,15-16H,2-7,11-14H2,1H3,(H,22,25). The number of nitrogens with zero attached hydrogens (tertiary/aromatic N) is 2. The average Bonchev–Trinajstić information content (AvgIpc) is 3.20. The first kappa shape index (κ1) is 19.1. The van der Waals surface area contributed by atoms with Crippen molar-refractivity contribution >= 4 is 17.2 Å². The smallest absolute Gasteiger partial charge is 0.253 e. The molecule has 0 bridgehead atoms. The summed E-state index contributed by atoms with van der Waals surface area (Å²) in [6, 6.07) is 5.87. The van der Waals surface area contributed by atoms with E-state index in [4.69, 9.17) is 0 Å². The summed E-state index contributed by atoms with van der Waals surface area (Å²) in [5.41, 5.74) is 3.50. The fraction of sp³-hybridized carbons (Fsp3) is 0.524. The molecule has 5 heteroatoms. The van der Waals surface area contributed by atoms with Gasteiger partial charge in [-0.3, -0.25) is 9.78 Å². The van der Waals surface area contributed by atoms with E-state index in [0.717, 1.165) is 29.9 Å². The van der Waals surface area contributed by atoms with Crippen molar-refractivity contribution in [3.05, 3.63) is 40.2 Å². The predicted molar refractivity (Wildman–Crippen MR) is 109 cm³/mol. The molecule has 1 aliphatic heterocycles. The van der Waals surface area contributed by atoms with Crippen LogP contribution < -0.4 is 5.32 Å². The van der Waals surface area contributed by atoms with Crippen LogP contribution in [-0.2, 0) is 0 Å². The van der Waals surface area contributed by atoms with Crippen LogP contribution in [0.3, 0.4) is 0 Å². The summed E-state index contributed by atoms with van der Waals surface area (Å²) in [6.07, 6.45) is 7.55. The number of aromatic nitrogens is 1. The van der Waals surface area contributed by atoms with Crippen molar-refractivity contribution in [2.75, 3.05) is 26.2 Å². The Labute approximate surface area is 160 Å². The SMILES string of the molecule is Cc1nc(-c2ccsc2)ccc1C(=O)NCCCCCN1CCCCC1. The van der Waals surface area contributed by atoms with Crippen molar-refractivity contribution in [3.8, 4) is 11.3 Å². The number of thiophene rings is 1. The van der Waals surface area contributed by atoms with Crippen LogP contribution in [0.25, 0.3) is 11.3 Å². The first-order valence-electron chi connectivity index (χ1n) is 9.75. The van der Waals surface area contributed by atoms with Gasteiger partial charge in [-0.2, -0.15) is 11.3 Å². The molecule has 0 aromatic carbocycles. The van der Waals surface area contributed by atoms with Gasteiger partial charge in [0.15, 0.2) is 0 Å². The highest BCUT2D eigenvalue weighted by atomic mass is 32.1. The van der Waals surface area contributed by atoms with E-state index in [2.05, 4.69) is 26.6 Å². The molecule has 0 aliphatic carbocycles. The number of nitrogens with one attached hydrogen (secondary N) is 1. The zero-order valence-electron chi connectivity index (χ0n) is 15.7. The molecule has 1 amide bonds. The molecule has 1 saturated heterocycles. The van der Waals surface area contributed by atoms with Crippen molar-refractivity contribution in [3.63, 3.8) is 0 Å². The topological polar surface area (TPSA) is 45.2 Å². The molecule has 26 heavy (non-hydrogen) atoms. The van der Waals surface area contributed by atoms with Crippen LogP contribution in [0.15, 0.2) is 29.0 Å². The van der Waals surface area contributed by atoms with Gasteiger partial charge >= 0.3 is 0 Å². The van der Waals surface area contributed by atoms with Gasteiger partial charge in [-0.1, -0.05) is 12.8 Å². The minimum Gasteiger partial charge on any atom is -0.352 e. The number of hydrogen-bond donors (Lipinski definition) is 1. The summed E-state index contributed by atoms with van der Waals surface area (Å²) in [7, 11) is 0. The van der Waals surface area contributed by atoms with Crippen molar-refractivity contribution in [2.45, 2.75) is 45.4 Å². The molecule has 0 spiro atoms. The second-order valence-electron chi connectivity index (χ2n) is 7.06. The van der Waals surface area contributed by atoms with Crippen LogP contribution in [-0.4, -0.2) is 42.0 Å². The van der Waals surface area contributed by atoms with Crippen molar-refractivity contribution in [1.29, 1.82) is 0 Å². The second kappa shape index (κ2) is 9.83. The van der Waals surface area contributed by atoms with Gasteiger partial charge in [0.25, 0.3) is 5.91 Å². The second-order valence-corrected chi connectivity index (χ2v) is 7.84. The molecule has 2 aromatic rings. The molecule has 140 valence electrons. The summed E-state index contributed by atoms with van der Waals surface area (Å²) in [6.45, 7) is 6.39. The molecule has 3 heterocycles. The third-order valence-corrected chi connectivity index (χ3v) is 5.72. The maximum Gasteiger partial charge on any atom is 0.253 e. The lowest BCUT2D eigenvalue weighted by atomic mass is 10.1. The fourth-order valence-electron chi connectivity index (χ4n) is 3.49. The van der Waals surface area contributed by atoms with E-state index in [-0.39, 0.29) is 5.91 Å². The number of carbonyl (C=O) groups is 1. The van der Waals surface area contributed by atoms with E-state index in [1.807, 2.05) is 24.4 Å². The van der Waals surface area contributed by atoms with E-state index in [9.17, 15) is 4.79 Å². The highest BCUT2D eigenvalue weighted by molar-refractivity contribution is 7.08. The van der Waals surface area contributed by atoms with Crippen molar-refractivity contribution in [2.24, 2.45) is 0 Å². The minimum atomic E-state index is -0.0112. The Balaban J connectivity index is 1.38. The number of piperidine rings is 1. The fourth-order valence-corrected chi connectivity index (χ4v) is 4.14. The molecule has 1 aliphatic rings. The van der Waals surface area contributed by atoms with Crippen molar-refractivity contribution in [1.82, 2.24) is 15.2 Å². The average molecular weight is 372 g/mol. The predicted octanol–water partition coefficient (Wildman–Crippen LogP) is 4.50. The van der Waals surface area contributed by atoms with Gasteiger partial charge in [-0.05, 0) is 75.8 Å². The largest absolute Gasteiger partial charge is 0.352 e. The zero-order valence-corrected chi connectivity index (χ0v) is 16.5. The molecular formula is C21H29N3OS. The van der Waals surface area contributed by atoms with Crippen LogP contribution in [0.1, 0.15) is 54.6 Å². The Hall–Kier alpha value is -1.72. The number of rotatable bonds is 8. The van der Waals surface area contributed by atoms with Crippen LogP contribution in [0.2, 0.25) is 0 Å². The molecule has 3 rings (SSSR count). The number of amides is 1. The molecular weight excluding hydrogens is 342 g/mol. The summed E-state index contributed by atoms with van der Waals surface area (Å²) in [4.78, 5) is 19.5. The highest BCUT2D eigenvalue weighted by Crippen LogP contribution is 2.21. The molecule has 0 saturated carbocycles. The van der Waals surface area contributed by atoms with Gasteiger partial charge in [-0.25, -0.2) is 0 Å². The van der Waals surface area contributed by atoms with Crippen LogP contribution in [0.5, 0.6) is 0 Å². The molecule has 1 fully saturated rings. The summed E-state index contributed by atoms with van der Waals surface area (Å²) < 4.78 is 0. The third kappa shape index (κ3) is 5.39. The van der Waals surface area contributed by atoms with Gasteiger partial charge in [0.05, 0.1) is 17.0 Å². The van der Waals surface area contributed by atoms with Gasteiger partial charge < -0.3 is 10.2 Å². The van der Waals surface area contributed by atoms with Crippen LogP contribution in [0, 0.1) is 6.92 Å². The number of aryl methyl sites for hydroxylation is 1. The Morgan fingerprint density at radius 1 is 1.15 bits per heavy atom. The van der Waals surface area contributed by atoms with E-state index < -0.39 is 0 Å². The minimum absolute atomic E-state index is 0.0112. The maximum absolute atomic E-state index is 12.4. The molecule has 1 N–H and O–H groups in total. The summed E-state index contributed by atoms with van der Waals surface area (Å²) in [5, 5.41) is 7.16. The van der Waals surface area contributed by atoms with E-state index in [1.165, 1.54) is 51.7 Å². The number of hydrogen-bond acceptors (Lipinski definition) is 4. The number of likely N-dealkylation sites (tertiary alicyclic amines) is 1. The normalized spacial score (nSPS) is 15.1. The lowest BCUT2D eigenvalue weighted by Crippen LogP contribution is -2.30. The third-order valence-electron chi connectivity index (χ3n) is 5.03. The first-order valence-corrected chi connectivity index (χ1v) is 10.7. The Bertz CT molecular complexity index is 693. The van der Waals surface area contributed by atoms with Crippen LogP contribution in [0.4, 0.5) is 0 Å². The maximum atomic E-state index is 12.4. The van der Waals surface area contributed by atoms with E-state index >= 15 is 0 Å².